The molecule has 11 aromatic rings. The van der Waals surface area contributed by atoms with E-state index in [0.717, 1.165) is 33.9 Å². The molecular weight excluding hydrogens is 749 g/mol. The molecule has 0 saturated heterocycles. The Bertz CT molecular complexity index is 3310. The standard InChI is InChI=1S/C60H42N2/c1-4-18-43(19-5-1)44-34-38-50(39-35-44)61(51-40-36-46(37-41-51)53-27-11-10-26-52(53)45-20-6-2-7-21-45)57-31-14-12-28-54(57)47-22-16-23-48(42-47)55-30-17-33-59-60(55)56-29-13-15-32-58(56)62(59)49-24-8-3-9-25-49/h1-42H. The van der Waals surface area contributed by atoms with Gasteiger partial charge in [-0.25, -0.2) is 0 Å². The number of anilines is 3. The summed E-state index contributed by atoms with van der Waals surface area (Å²) < 4.78 is 2.39. The Kier molecular flexibility index (Phi) is 9.57. The van der Waals surface area contributed by atoms with Gasteiger partial charge in [0.2, 0.25) is 0 Å². The lowest BCUT2D eigenvalue weighted by Gasteiger charge is -2.28. The molecule has 1 aromatic heterocycles. The number of fused-ring (bicyclic) bond motifs is 3. The summed E-state index contributed by atoms with van der Waals surface area (Å²) in [5.74, 6) is 0. The zero-order valence-corrected chi connectivity index (χ0v) is 34.1. The Labute approximate surface area is 362 Å². The summed E-state index contributed by atoms with van der Waals surface area (Å²) in [5.41, 5.74) is 18.7. The molecule has 10 aromatic carbocycles. The quantitative estimate of drug-likeness (QED) is 0.141. The molecule has 2 heteroatoms. The van der Waals surface area contributed by atoms with Crippen LogP contribution in [0.25, 0.3) is 83.1 Å². The maximum atomic E-state index is 2.40. The van der Waals surface area contributed by atoms with Gasteiger partial charge in [-0.2, -0.15) is 0 Å². The Morgan fingerprint density at radius 2 is 0.710 bits per heavy atom. The van der Waals surface area contributed by atoms with Crippen molar-refractivity contribution >= 4 is 38.9 Å². The molecule has 0 bridgehead atoms. The molecule has 0 N–H and O–H groups in total. The number of nitrogens with zero attached hydrogens (tertiary/aromatic N) is 2. The lowest BCUT2D eigenvalue weighted by atomic mass is 9.94. The molecule has 292 valence electrons. The maximum Gasteiger partial charge on any atom is 0.0547 e. The predicted molar refractivity (Wildman–Crippen MR) is 263 cm³/mol. The summed E-state index contributed by atoms with van der Waals surface area (Å²) in [5, 5.41) is 2.50. The van der Waals surface area contributed by atoms with Crippen LogP contribution in [-0.4, -0.2) is 4.57 Å². The molecular formula is C60H42N2. The van der Waals surface area contributed by atoms with E-state index in [4.69, 9.17) is 0 Å². The molecule has 0 unspecified atom stereocenters. The van der Waals surface area contributed by atoms with Crippen LogP contribution >= 0.6 is 0 Å². The molecule has 0 aliphatic rings. The molecule has 0 spiro atoms. The zero-order chi connectivity index (χ0) is 41.2. The highest BCUT2D eigenvalue weighted by Crippen LogP contribution is 2.44. The molecule has 0 amide bonds. The van der Waals surface area contributed by atoms with Gasteiger partial charge in [-0.1, -0.05) is 194 Å². The van der Waals surface area contributed by atoms with Crippen molar-refractivity contribution in [2.24, 2.45) is 0 Å². The van der Waals surface area contributed by atoms with Gasteiger partial charge in [-0.05, 0) is 111 Å². The third kappa shape index (κ3) is 6.74. The molecule has 0 fully saturated rings. The number of aromatic nitrogens is 1. The minimum absolute atomic E-state index is 1.08. The van der Waals surface area contributed by atoms with Gasteiger partial charge in [0.15, 0.2) is 0 Å². The highest BCUT2D eigenvalue weighted by Gasteiger charge is 2.20. The Hall–Kier alpha value is -8.20. The van der Waals surface area contributed by atoms with Crippen LogP contribution in [0.2, 0.25) is 0 Å². The molecule has 11 rings (SSSR count). The van der Waals surface area contributed by atoms with Crippen LogP contribution in [0, 0.1) is 0 Å². The second kappa shape index (κ2) is 16.1. The van der Waals surface area contributed by atoms with Crippen molar-refractivity contribution < 1.29 is 0 Å². The fraction of sp³-hybridized carbons (Fsp3) is 0. The van der Waals surface area contributed by atoms with Gasteiger partial charge in [0, 0.05) is 33.4 Å². The van der Waals surface area contributed by atoms with Crippen LogP contribution in [0.1, 0.15) is 0 Å². The lowest BCUT2D eigenvalue weighted by Crippen LogP contribution is -2.11. The summed E-state index contributed by atoms with van der Waals surface area (Å²) in [6.07, 6.45) is 0. The van der Waals surface area contributed by atoms with Gasteiger partial charge in [0.1, 0.15) is 0 Å². The number of hydrogen-bond donors (Lipinski definition) is 0. The van der Waals surface area contributed by atoms with E-state index in [0.29, 0.717) is 0 Å². The summed E-state index contributed by atoms with van der Waals surface area (Å²) in [6, 6.07) is 92.0. The first-order chi connectivity index (χ1) is 30.8. The number of para-hydroxylation sites is 3. The summed E-state index contributed by atoms with van der Waals surface area (Å²) >= 11 is 0. The molecule has 0 aliphatic carbocycles. The van der Waals surface area contributed by atoms with Crippen molar-refractivity contribution in [1.29, 1.82) is 0 Å². The van der Waals surface area contributed by atoms with E-state index >= 15 is 0 Å². The highest BCUT2D eigenvalue weighted by atomic mass is 15.1. The molecule has 62 heavy (non-hydrogen) atoms. The summed E-state index contributed by atoms with van der Waals surface area (Å²) in [6.45, 7) is 0. The van der Waals surface area contributed by atoms with E-state index in [9.17, 15) is 0 Å². The van der Waals surface area contributed by atoms with E-state index in [-0.39, 0.29) is 0 Å². The SMILES string of the molecule is c1ccc(-c2ccc(N(c3ccc(-c4ccccc4-c4ccccc4)cc3)c3ccccc3-c3cccc(-c4cccc5c4c4ccccc4n5-c4ccccc4)c3)cc2)cc1. The summed E-state index contributed by atoms with van der Waals surface area (Å²) in [4.78, 5) is 2.40. The average molecular weight is 791 g/mol. The number of benzene rings is 10. The second-order valence-corrected chi connectivity index (χ2v) is 15.7. The van der Waals surface area contributed by atoms with Crippen molar-refractivity contribution in [1.82, 2.24) is 4.57 Å². The van der Waals surface area contributed by atoms with Crippen LogP contribution < -0.4 is 4.90 Å². The van der Waals surface area contributed by atoms with Crippen molar-refractivity contribution in [2.75, 3.05) is 4.90 Å². The van der Waals surface area contributed by atoms with Gasteiger partial charge < -0.3 is 9.47 Å². The van der Waals surface area contributed by atoms with E-state index in [1.165, 1.54) is 66.3 Å². The average Bonchev–Trinajstić information content (AvgIpc) is 3.70. The maximum absolute atomic E-state index is 2.40. The zero-order valence-electron chi connectivity index (χ0n) is 34.1. The van der Waals surface area contributed by atoms with Crippen LogP contribution in [0.5, 0.6) is 0 Å². The molecule has 0 aliphatic heterocycles. The molecule has 0 radical (unpaired) electrons. The Morgan fingerprint density at radius 3 is 1.39 bits per heavy atom. The monoisotopic (exact) mass is 790 g/mol. The van der Waals surface area contributed by atoms with Crippen LogP contribution in [0.4, 0.5) is 17.1 Å². The number of rotatable bonds is 9. The smallest absolute Gasteiger partial charge is 0.0547 e. The van der Waals surface area contributed by atoms with Gasteiger partial charge in [0.05, 0.1) is 16.7 Å². The fourth-order valence-corrected chi connectivity index (χ4v) is 9.14. The lowest BCUT2D eigenvalue weighted by molar-refractivity contribution is 1.18. The van der Waals surface area contributed by atoms with Crippen LogP contribution in [-0.2, 0) is 0 Å². The molecule has 1 heterocycles. The van der Waals surface area contributed by atoms with Crippen molar-refractivity contribution in [3.63, 3.8) is 0 Å². The predicted octanol–water partition coefficient (Wildman–Crippen LogP) is 16.6. The fourth-order valence-electron chi connectivity index (χ4n) is 9.14. The van der Waals surface area contributed by atoms with Gasteiger partial charge in [-0.15, -0.1) is 0 Å². The third-order valence-electron chi connectivity index (χ3n) is 12.0. The minimum Gasteiger partial charge on any atom is -0.310 e. The first-order valence-corrected chi connectivity index (χ1v) is 21.3. The normalized spacial score (nSPS) is 11.2. The molecule has 0 saturated carbocycles. The molecule has 0 atom stereocenters. The first-order valence-electron chi connectivity index (χ1n) is 21.3. The van der Waals surface area contributed by atoms with E-state index in [1.807, 2.05) is 0 Å². The topological polar surface area (TPSA) is 8.17 Å². The van der Waals surface area contributed by atoms with Crippen molar-refractivity contribution in [3.05, 3.63) is 255 Å². The second-order valence-electron chi connectivity index (χ2n) is 15.7. The third-order valence-corrected chi connectivity index (χ3v) is 12.0. The van der Waals surface area contributed by atoms with Gasteiger partial charge in [0.25, 0.3) is 0 Å². The Balaban J connectivity index is 1.04. The van der Waals surface area contributed by atoms with Gasteiger partial charge in [-0.3, -0.25) is 0 Å². The first kappa shape index (κ1) is 36.8. The highest BCUT2D eigenvalue weighted by molar-refractivity contribution is 6.16. The minimum atomic E-state index is 1.08. The van der Waals surface area contributed by atoms with Gasteiger partial charge >= 0.3 is 0 Å². The van der Waals surface area contributed by atoms with Crippen molar-refractivity contribution in [3.8, 4) is 61.3 Å². The van der Waals surface area contributed by atoms with Crippen LogP contribution in [0.3, 0.4) is 0 Å². The summed E-state index contributed by atoms with van der Waals surface area (Å²) in [7, 11) is 0. The van der Waals surface area contributed by atoms with E-state index in [1.54, 1.807) is 0 Å². The van der Waals surface area contributed by atoms with E-state index < -0.39 is 0 Å². The van der Waals surface area contributed by atoms with Crippen molar-refractivity contribution in [2.45, 2.75) is 0 Å². The number of hydrogen-bond acceptors (Lipinski definition) is 1. The largest absolute Gasteiger partial charge is 0.310 e. The van der Waals surface area contributed by atoms with E-state index in [2.05, 4.69) is 264 Å². The van der Waals surface area contributed by atoms with Crippen LogP contribution in [0.15, 0.2) is 255 Å². The Morgan fingerprint density at radius 1 is 0.274 bits per heavy atom. The molecule has 2 nitrogen and oxygen atoms in total.